The predicted molar refractivity (Wildman–Crippen MR) is 134 cm³/mol. The van der Waals surface area contributed by atoms with Crippen molar-refractivity contribution in [1.29, 1.82) is 0 Å². The normalized spacial score (nSPS) is 20.1. The Hall–Kier alpha value is -2.25. The van der Waals surface area contributed by atoms with E-state index in [1.54, 1.807) is 12.1 Å². The Balaban J connectivity index is 1.29. The zero-order chi connectivity index (χ0) is 22.4. The summed E-state index contributed by atoms with van der Waals surface area (Å²) < 4.78 is 14.3. The zero-order valence-electron chi connectivity index (χ0n) is 19.4. The predicted octanol–water partition coefficient (Wildman–Crippen LogP) is 4.88. The highest BCUT2D eigenvalue weighted by molar-refractivity contribution is 7.19. The summed E-state index contributed by atoms with van der Waals surface area (Å²) in [5.74, 6) is 2.77. The molecule has 174 valence electrons. The van der Waals surface area contributed by atoms with Gasteiger partial charge in [0, 0.05) is 31.1 Å². The molecule has 0 saturated carbocycles. The number of anilines is 2. The Morgan fingerprint density at radius 1 is 0.970 bits per heavy atom. The Labute approximate surface area is 199 Å². The fourth-order valence-corrected chi connectivity index (χ4v) is 6.88. The molecule has 0 bridgehead atoms. The number of fused-ring (bicyclic) bond motifs is 3. The molecule has 1 aromatic carbocycles. The van der Waals surface area contributed by atoms with E-state index in [0.717, 1.165) is 69.8 Å². The monoisotopic (exact) mass is 465 g/mol. The standard InChI is InChI=1S/C26H32FN5S/c1-18-9-11-30(12-10-18)17-23-28-25(24-19-5-4-8-22(19)33-26(24)29-23)32-15-13-31(14-16-32)21-7-3-2-6-20(21)27/h2-3,6-7,18H,4-5,8-17H2,1H3. The van der Waals surface area contributed by atoms with E-state index in [1.165, 1.54) is 46.3 Å². The van der Waals surface area contributed by atoms with Crippen molar-refractivity contribution in [2.45, 2.75) is 45.6 Å². The van der Waals surface area contributed by atoms with E-state index in [2.05, 4.69) is 21.6 Å². The van der Waals surface area contributed by atoms with Crippen molar-refractivity contribution in [3.05, 3.63) is 46.3 Å². The molecule has 0 unspecified atom stereocenters. The van der Waals surface area contributed by atoms with E-state index in [-0.39, 0.29) is 5.82 Å². The molecule has 2 saturated heterocycles. The van der Waals surface area contributed by atoms with Crippen LogP contribution in [0.25, 0.3) is 10.2 Å². The summed E-state index contributed by atoms with van der Waals surface area (Å²) in [6.45, 7) is 8.79. The number of nitrogens with zero attached hydrogens (tertiary/aromatic N) is 5. The molecular formula is C26H32FN5S. The number of piperazine rings is 1. The van der Waals surface area contributed by atoms with Crippen LogP contribution in [0.4, 0.5) is 15.9 Å². The molecule has 7 heteroatoms. The molecule has 0 amide bonds. The van der Waals surface area contributed by atoms with Gasteiger partial charge in [-0.25, -0.2) is 14.4 Å². The number of aryl methyl sites for hydroxylation is 2. The van der Waals surface area contributed by atoms with E-state index < -0.39 is 0 Å². The van der Waals surface area contributed by atoms with Gasteiger partial charge < -0.3 is 9.80 Å². The lowest BCUT2D eigenvalue weighted by molar-refractivity contribution is 0.181. The molecular weight excluding hydrogens is 433 g/mol. The molecule has 0 N–H and O–H groups in total. The second-order valence-electron chi connectivity index (χ2n) is 9.89. The van der Waals surface area contributed by atoms with Crippen molar-refractivity contribution < 1.29 is 4.39 Å². The zero-order valence-corrected chi connectivity index (χ0v) is 20.2. The minimum atomic E-state index is -0.135. The van der Waals surface area contributed by atoms with Crippen LogP contribution in [0.3, 0.4) is 0 Å². The minimum Gasteiger partial charge on any atom is -0.366 e. The number of halogens is 1. The minimum absolute atomic E-state index is 0.135. The van der Waals surface area contributed by atoms with Crippen LogP contribution in [0.2, 0.25) is 0 Å². The second kappa shape index (κ2) is 8.84. The number of likely N-dealkylation sites (tertiary alicyclic amines) is 1. The van der Waals surface area contributed by atoms with Gasteiger partial charge in [-0.3, -0.25) is 4.90 Å². The quantitative estimate of drug-likeness (QED) is 0.549. The van der Waals surface area contributed by atoms with Gasteiger partial charge >= 0.3 is 0 Å². The lowest BCUT2D eigenvalue weighted by atomic mass is 9.99. The summed E-state index contributed by atoms with van der Waals surface area (Å²) in [5, 5.41) is 1.29. The topological polar surface area (TPSA) is 35.5 Å². The maximum absolute atomic E-state index is 14.3. The summed E-state index contributed by atoms with van der Waals surface area (Å²) >= 11 is 1.88. The Kier molecular flexibility index (Phi) is 5.70. The molecule has 2 aromatic heterocycles. The van der Waals surface area contributed by atoms with Gasteiger partial charge in [0.1, 0.15) is 22.3 Å². The number of hydrogen-bond donors (Lipinski definition) is 0. The van der Waals surface area contributed by atoms with Crippen LogP contribution < -0.4 is 9.80 Å². The molecule has 1 aliphatic carbocycles. The molecule has 4 heterocycles. The first-order valence-electron chi connectivity index (χ1n) is 12.4. The van der Waals surface area contributed by atoms with Crippen molar-refractivity contribution in [2.75, 3.05) is 49.1 Å². The van der Waals surface area contributed by atoms with Crippen LogP contribution in [-0.2, 0) is 19.4 Å². The largest absolute Gasteiger partial charge is 0.366 e. The van der Waals surface area contributed by atoms with Gasteiger partial charge in [0.05, 0.1) is 17.6 Å². The van der Waals surface area contributed by atoms with E-state index >= 15 is 0 Å². The molecule has 3 aromatic rings. The maximum atomic E-state index is 14.3. The number of thiophene rings is 1. The summed E-state index contributed by atoms with van der Waals surface area (Å²) in [5.41, 5.74) is 2.20. The van der Waals surface area contributed by atoms with Gasteiger partial charge in [-0.1, -0.05) is 19.1 Å². The van der Waals surface area contributed by atoms with Crippen LogP contribution in [0.5, 0.6) is 0 Å². The molecule has 5 nitrogen and oxygen atoms in total. The highest BCUT2D eigenvalue weighted by Gasteiger charge is 2.28. The Bertz CT molecular complexity index is 1150. The summed E-state index contributed by atoms with van der Waals surface area (Å²) in [4.78, 5) is 20.0. The maximum Gasteiger partial charge on any atom is 0.146 e. The molecule has 2 aliphatic heterocycles. The van der Waals surface area contributed by atoms with E-state index in [4.69, 9.17) is 9.97 Å². The fourth-order valence-electron chi connectivity index (χ4n) is 5.61. The highest BCUT2D eigenvalue weighted by atomic mass is 32.1. The van der Waals surface area contributed by atoms with Crippen LogP contribution in [0.1, 0.15) is 42.5 Å². The summed E-state index contributed by atoms with van der Waals surface area (Å²) in [6, 6.07) is 7.12. The van der Waals surface area contributed by atoms with Crippen molar-refractivity contribution in [2.24, 2.45) is 5.92 Å². The van der Waals surface area contributed by atoms with E-state index in [9.17, 15) is 4.39 Å². The lowest BCUT2D eigenvalue weighted by Crippen LogP contribution is -2.47. The number of para-hydroxylation sites is 1. The summed E-state index contributed by atoms with van der Waals surface area (Å²) in [6.07, 6.45) is 6.09. The molecule has 0 radical (unpaired) electrons. The van der Waals surface area contributed by atoms with Gasteiger partial charge in [-0.05, 0) is 68.8 Å². The van der Waals surface area contributed by atoms with Gasteiger partial charge in [0.15, 0.2) is 0 Å². The first kappa shape index (κ1) is 21.3. The summed E-state index contributed by atoms with van der Waals surface area (Å²) in [7, 11) is 0. The average molecular weight is 466 g/mol. The Morgan fingerprint density at radius 2 is 1.73 bits per heavy atom. The molecule has 0 atom stereocenters. The Morgan fingerprint density at radius 3 is 2.52 bits per heavy atom. The first-order chi connectivity index (χ1) is 16.2. The second-order valence-corrected chi connectivity index (χ2v) is 11.0. The SMILES string of the molecule is CC1CCN(Cc2nc(N3CCN(c4ccccc4F)CC3)c3c4c(sc3n2)CCC4)CC1. The van der Waals surface area contributed by atoms with Crippen LogP contribution in [-0.4, -0.2) is 54.1 Å². The third-order valence-corrected chi connectivity index (χ3v) is 8.79. The van der Waals surface area contributed by atoms with Gasteiger partial charge in [0.25, 0.3) is 0 Å². The molecule has 6 rings (SSSR count). The lowest BCUT2D eigenvalue weighted by Gasteiger charge is -2.37. The number of rotatable bonds is 4. The smallest absolute Gasteiger partial charge is 0.146 e. The first-order valence-corrected chi connectivity index (χ1v) is 13.3. The third-order valence-electron chi connectivity index (χ3n) is 7.61. The highest BCUT2D eigenvalue weighted by Crippen LogP contribution is 2.41. The van der Waals surface area contributed by atoms with Crippen molar-refractivity contribution in [3.63, 3.8) is 0 Å². The third kappa shape index (κ3) is 4.10. The molecule has 2 fully saturated rings. The van der Waals surface area contributed by atoms with Gasteiger partial charge in [-0.15, -0.1) is 11.3 Å². The number of benzene rings is 1. The number of piperidine rings is 1. The van der Waals surface area contributed by atoms with Crippen LogP contribution in [0.15, 0.2) is 24.3 Å². The van der Waals surface area contributed by atoms with E-state index in [0.29, 0.717) is 5.69 Å². The van der Waals surface area contributed by atoms with Crippen molar-refractivity contribution in [1.82, 2.24) is 14.9 Å². The van der Waals surface area contributed by atoms with Crippen molar-refractivity contribution >= 4 is 33.1 Å². The molecule has 33 heavy (non-hydrogen) atoms. The number of aromatic nitrogens is 2. The van der Waals surface area contributed by atoms with Crippen molar-refractivity contribution in [3.8, 4) is 0 Å². The molecule has 0 spiro atoms. The van der Waals surface area contributed by atoms with Crippen LogP contribution >= 0.6 is 11.3 Å². The molecule has 3 aliphatic rings. The average Bonchev–Trinajstić information content (AvgIpc) is 3.42. The fraction of sp³-hybridized carbons (Fsp3) is 0.538. The number of hydrogen-bond acceptors (Lipinski definition) is 6. The van der Waals surface area contributed by atoms with Crippen LogP contribution in [0, 0.1) is 11.7 Å². The van der Waals surface area contributed by atoms with E-state index in [1.807, 2.05) is 23.5 Å². The van der Waals surface area contributed by atoms with Gasteiger partial charge in [-0.2, -0.15) is 0 Å². The van der Waals surface area contributed by atoms with Gasteiger partial charge in [0.2, 0.25) is 0 Å².